The number of oxime groups is 1. The van der Waals surface area contributed by atoms with Crippen LogP contribution in [0, 0.1) is 11.6 Å². The third-order valence-electron chi connectivity index (χ3n) is 3.53. The van der Waals surface area contributed by atoms with E-state index in [0.717, 1.165) is 12.1 Å². The van der Waals surface area contributed by atoms with Crippen molar-refractivity contribution in [1.29, 1.82) is 0 Å². The minimum Gasteiger partial charge on any atom is -0.409 e. The summed E-state index contributed by atoms with van der Waals surface area (Å²) in [5, 5.41) is 11.2. The molecule has 0 aliphatic carbocycles. The van der Waals surface area contributed by atoms with Crippen LogP contribution < -0.4 is 10.6 Å². The summed E-state index contributed by atoms with van der Waals surface area (Å²) in [6.45, 7) is 0. The largest absolute Gasteiger partial charge is 0.409 e. The minimum atomic E-state index is -3.16. The predicted molar refractivity (Wildman–Crippen MR) is 74.3 cm³/mol. The van der Waals surface area contributed by atoms with Gasteiger partial charge in [0.1, 0.15) is 17.3 Å². The molecule has 0 bridgehead atoms. The van der Waals surface area contributed by atoms with Crippen LogP contribution in [0.1, 0.15) is 12.0 Å². The van der Waals surface area contributed by atoms with Gasteiger partial charge in [-0.25, -0.2) is 17.2 Å². The maximum atomic E-state index is 14.1. The van der Waals surface area contributed by atoms with Gasteiger partial charge in [-0.05, 0) is 18.6 Å². The highest BCUT2D eigenvalue weighted by molar-refractivity contribution is 7.91. The second-order valence-electron chi connectivity index (χ2n) is 4.94. The zero-order valence-electron chi connectivity index (χ0n) is 11.3. The van der Waals surface area contributed by atoms with Crippen molar-refractivity contribution in [3.8, 4) is 0 Å². The molecular weight excluding hydrogens is 304 g/mol. The van der Waals surface area contributed by atoms with Gasteiger partial charge in [0.05, 0.1) is 11.5 Å². The molecule has 0 spiro atoms. The molecule has 21 heavy (non-hydrogen) atoms. The molecule has 0 radical (unpaired) electrons. The van der Waals surface area contributed by atoms with Crippen molar-refractivity contribution in [1.82, 2.24) is 0 Å². The Bertz CT molecular complexity index is 668. The van der Waals surface area contributed by atoms with Crippen molar-refractivity contribution >= 4 is 21.4 Å². The van der Waals surface area contributed by atoms with Gasteiger partial charge in [-0.1, -0.05) is 5.16 Å². The Labute approximate surface area is 120 Å². The molecule has 0 saturated carbocycles. The van der Waals surface area contributed by atoms with Crippen LogP contribution in [0.3, 0.4) is 0 Å². The quantitative estimate of drug-likeness (QED) is 0.370. The molecule has 116 valence electrons. The number of nitrogens with two attached hydrogens (primary N) is 1. The lowest BCUT2D eigenvalue weighted by molar-refractivity contribution is 0.318. The van der Waals surface area contributed by atoms with E-state index in [4.69, 9.17) is 10.9 Å². The average molecular weight is 319 g/mol. The molecule has 1 atom stereocenters. The van der Waals surface area contributed by atoms with E-state index in [1.807, 2.05) is 0 Å². The lowest BCUT2D eigenvalue weighted by Crippen LogP contribution is -2.34. The Kier molecular flexibility index (Phi) is 4.04. The van der Waals surface area contributed by atoms with E-state index >= 15 is 0 Å². The summed E-state index contributed by atoms with van der Waals surface area (Å²) in [5.74, 6) is -2.34. The van der Waals surface area contributed by atoms with Gasteiger partial charge in [0.15, 0.2) is 15.7 Å². The lowest BCUT2D eigenvalue weighted by atomic mass is 10.1. The van der Waals surface area contributed by atoms with Crippen molar-refractivity contribution in [3.63, 3.8) is 0 Å². The van der Waals surface area contributed by atoms with Gasteiger partial charge in [0, 0.05) is 18.7 Å². The number of benzene rings is 1. The zero-order chi connectivity index (χ0) is 15.8. The van der Waals surface area contributed by atoms with E-state index in [2.05, 4.69) is 5.16 Å². The number of anilines is 1. The Morgan fingerprint density at radius 1 is 1.43 bits per heavy atom. The van der Waals surface area contributed by atoms with E-state index in [1.165, 1.54) is 11.9 Å². The Balaban J connectivity index is 2.36. The number of hydrogen-bond acceptors (Lipinski definition) is 5. The molecule has 2 rings (SSSR count). The van der Waals surface area contributed by atoms with Crippen molar-refractivity contribution in [3.05, 3.63) is 29.3 Å². The Hall–Kier alpha value is -1.90. The van der Waals surface area contributed by atoms with Gasteiger partial charge in [0.2, 0.25) is 0 Å². The lowest BCUT2D eigenvalue weighted by Gasteiger charge is -2.26. The first-order valence-corrected chi connectivity index (χ1v) is 7.97. The standard InChI is InChI=1S/C12H15F2N3O3S/c1-17(8-2-3-21(19,20)6-8)11-9(13)4-7(5-10(11)14)12(15)16-18/h4-5,8,18H,2-3,6H2,1H3,(H2,15,16). The molecular formula is C12H15F2N3O3S. The molecule has 1 aliphatic rings. The van der Waals surface area contributed by atoms with Crippen molar-refractivity contribution in [2.24, 2.45) is 10.9 Å². The van der Waals surface area contributed by atoms with Crippen LogP contribution in [0.4, 0.5) is 14.5 Å². The number of amidine groups is 1. The van der Waals surface area contributed by atoms with Gasteiger partial charge >= 0.3 is 0 Å². The molecule has 1 fully saturated rings. The van der Waals surface area contributed by atoms with Crippen LogP contribution in [0.25, 0.3) is 0 Å². The fourth-order valence-electron chi connectivity index (χ4n) is 2.37. The minimum absolute atomic E-state index is 0.00739. The summed E-state index contributed by atoms with van der Waals surface area (Å²) in [4.78, 5) is 1.28. The van der Waals surface area contributed by atoms with Gasteiger partial charge in [-0.15, -0.1) is 0 Å². The predicted octanol–water partition coefficient (Wildman–Crippen LogP) is 0.683. The number of rotatable bonds is 3. The maximum Gasteiger partial charge on any atom is 0.170 e. The summed E-state index contributed by atoms with van der Waals surface area (Å²) in [6, 6.07) is 1.40. The van der Waals surface area contributed by atoms with Crippen LogP contribution in [0.15, 0.2) is 17.3 Å². The maximum absolute atomic E-state index is 14.1. The van der Waals surface area contributed by atoms with Gasteiger partial charge in [-0.3, -0.25) is 0 Å². The summed E-state index contributed by atoms with van der Waals surface area (Å²) < 4.78 is 51.1. The molecule has 1 saturated heterocycles. The molecule has 1 aromatic carbocycles. The second kappa shape index (κ2) is 5.47. The Morgan fingerprint density at radius 3 is 2.43 bits per heavy atom. The van der Waals surface area contributed by atoms with Gasteiger partial charge in [-0.2, -0.15) is 0 Å². The van der Waals surface area contributed by atoms with E-state index in [1.54, 1.807) is 0 Å². The van der Waals surface area contributed by atoms with Crippen LogP contribution in [-0.2, 0) is 9.84 Å². The topological polar surface area (TPSA) is 96.0 Å². The molecule has 1 aromatic rings. The first kappa shape index (κ1) is 15.5. The number of halogens is 2. The van der Waals surface area contributed by atoms with E-state index in [0.29, 0.717) is 6.42 Å². The molecule has 6 nitrogen and oxygen atoms in total. The summed E-state index contributed by atoms with van der Waals surface area (Å²) >= 11 is 0. The number of sulfone groups is 1. The summed E-state index contributed by atoms with van der Waals surface area (Å²) in [5.41, 5.74) is 4.87. The van der Waals surface area contributed by atoms with E-state index < -0.39 is 33.3 Å². The molecule has 1 aliphatic heterocycles. The molecule has 9 heteroatoms. The highest BCUT2D eigenvalue weighted by Gasteiger charge is 2.33. The number of hydrogen-bond donors (Lipinski definition) is 2. The average Bonchev–Trinajstić information content (AvgIpc) is 2.77. The van der Waals surface area contributed by atoms with Crippen LogP contribution in [-0.4, -0.2) is 44.1 Å². The van der Waals surface area contributed by atoms with Crippen molar-refractivity contribution < 1.29 is 22.4 Å². The van der Waals surface area contributed by atoms with Crippen molar-refractivity contribution in [2.75, 3.05) is 23.5 Å². The third kappa shape index (κ3) is 3.07. The van der Waals surface area contributed by atoms with E-state index in [9.17, 15) is 17.2 Å². The monoisotopic (exact) mass is 319 g/mol. The fraction of sp³-hybridized carbons (Fsp3) is 0.417. The van der Waals surface area contributed by atoms with Gasteiger partial charge in [0.25, 0.3) is 0 Å². The molecule has 3 N–H and O–H groups in total. The molecule has 1 unspecified atom stereocenters. The molecule has 0 aromatic heterocycles. The fourth-order valence-corrected chi connectivity index (χ4v) is 4.15. The zero-order valence-corrected chi connectivity index (χ0v) is 12.1. The summed E-state index contributed by atoms with van der Waals surface area (Å²) in [7, 11) is -1.72. The smallest absolute Gasteiger partial charge is 0.170 e. The first-order chi connectivity index (χ1) is 9.75. The molecule has 0 amide bonds. The number of nitrogens with zero attached hydrogens (tertiary/aromatic N) is 2. The molecule has 1 heterocycles. The highest BCUT2D eigenvalue weighted by Crippen LogP contribution is 2.29. The first-order valence-electron chi connectivity index (χ1n) is 6.15. The summed E-state index contributed by atoms with van der Waals surface area (Å²) in [6.07, 6.45) is 0.319. The second-order valence-corrected chi connectivity index (χ2v) is 7.17. The Morgan fingerprint density at radius 2 is 2.00 bits per heavy atom. The van der Waals surface area contributed by atoms with Crippen LogP contribution >= 0.6 is 0 Å². The third-order valence-corrected chi connectivity index (χ3v) is 5.28. The SMILES string of the molecule is CN(c1c(F)cc(C(N)=NO)cc1F)C1CCS(=O)(=O)C1. The van der Waals surface area contributed by atoms with E-state index in [-0.39, 0.29) is 22.8 Å². The highest BCUT2D eigenvalue weighted by atomic mass is 32.2. The van der Waals surface area contributed by atoms with Crippen LogP contribution in [0.2, 0.25) is 0 Å². The van der Waals surface area contributed by atoms with Crippen molar-refractivity contribution in [2.45, 2.75) is 12.5 Å². The van der Waals surface area contributed by atoms with Gasteiger partial charge < -0.3 is 15.8 Å². The normalized spacial score (nSPS) is 21.5. The van der Waals surface area contributed by atoms with Crippen LogP contribution in [0.5, 0.6) is 0 Å².